The molecular formula is C26H26N4O5. The third-order valence-electron chi connectivity index (χ3n) is 5.27. The third kappa shape index (κ3) is 5.19. The minimum absolute atomic E-state index is 0.255. The van der Waals surface area contributed by atoms with Crippen molar-refractivity contribution in [3.05, 3.63) is 66.5 Å². The molecule has 0 aliphatic carbocycles. The van der Waals surface area contributed by atoms with Crippen LogP contribution in [0, 0.1) is 0 Å². The number of fused-ring (bicyclic) bond motifs is 1. The molecule has 3 aromatic carbocycles. The lowest BCUT2D eigenvalue weighted by Crippen LogP contribution is -2.12. The Balaban J connectivity index is 1.50. The van der Waals surface area contributed by atoms with E-state index in [0.29, 0.717) is 46.7 Å². The van der Waals surface area contributed by atoms with Gasteiger partial charge in [-0.2, -0.15) is 0 Å². The normalized spacial score (nSPS) is 10.5. The molecule has 0 spiro atoms. The number of carbonyl (C=O) groups is 1. The van der Waals surface area contributed by atoms with E-state index in [2.05, 4.69) is 20.6 Å². The van der Waals surface area contributed by atoms with E-state index in [1.807, 2.05) is 25.1 Å². The first-order valence-corrected chi connectivity index (χ1v) is 10.9. The molecule has 0 bridgehead atoms. The number of benzene rings is 3. The molecule has 9 heteroatoms. The van der Waals surface area contributed by atoms with Crippen LogP contribution in [0.25, 0.3) is 10.9 Å². The zero-order valence-corrected chi connectivity index (χ0v) is 19.9. The second-order valence-electron chi connectivity index (χ2n) is 7.40. The first-order valence-electron chi connectivity index (χ1n) is 10.9. The van der Waals surface area contributed by atoms with Crippen LogP contribution in [0.1, 0.15) is 17.3 Å². The van der Waals surface area contributed by atoms with Crippen molar-refractivity contribution in [2.45, 2.75) is 6.92 Å². The number of nitrogens with zero attached hydrogens (tertiary/aromatic N) is 2. The molecule has 9 nitrogen and oxygen atoms in total. The van der Waals surface area contributed by atoms with Crippen LogP contribution in [-0.2, 0) is 0 Å². The third-order valence-corrected chi connectivity index (χ3v) is 5.27. The summed E-state index contributed by atoms with van der Waals surface area (Å²) in [5.41, 5.74) is 2.62. The van der Waals surface area contributed by atoms with Gasteiger partial charge in [0.15, 0.2) is 23.0 Å². The molecule has 0 saturated carbocycles. The van der Waals surface area contributed by atoms with Crippen LogP contribution in [0.15, 0.2) is 60.9 Å². The molecule has 1 heterocycles. The molecule has 0 aliphatic rings. The number of carbonyl (C=O) groups excluding carboxylic acids is 1. The van der Waals surface area contributed by atoms with Crippen molar-refractivity contribution in [1.29, 1.82) is 0 Å². The van der Waals surface area contributed by atoms with Crippen molar-refractivity contribution in [2.75, 3.05) is 38.6 Å². The van der Waals surface area contributed by atoms with Gasteiger partial charge in [0.25, 0.3) is 5.91 Å². The first-order chi connectivity index (χ1) is 17.1. The van der Waals surface area contributed by atoms with E-state index < -0.39 is 0 Å². The summed E-state index contributed by atoms with van der Waals surface area (Å²) < 4.78 is 21.6. The summed E-state index contributed by atoms with van der Waals surface area (Å²) in [5, 5.41) is 6.97. The maximum atomic E-state index is 12.7. The smallest absolute Gasteiger partial charge is 0.255 e. The number of methoxy groups -OCH3 is 3. The van der Waals surface area contributed by atoms with Crippen molar-refractivity contribution < 1.29 is 23.7 Å². The molecule has 35 heavy (non-hydrogen) atoms. The molecule has 1 aromatic heterocycles. The molecule has 1 amide bonds. The fourth-order valence-electron chi connectivity index (χ4n) is 3.54. The van der Waals surface area contributed by atoms with Gasteiger partial charge in [-0.15, -0.1) is 0 Å². The summed E-state index contributed by atoms with van der Waals surface area (Å²) in [6.07, 6.45) is 1.48. The van der Waals surface area contributed by atoms with Crippen LogP contribution >= 0.6 is 0 Å². The van der Waals surface area contributed by atoms with E-state index in [1.54, 1.807) is 57.7 Å². The Labute approximate surface area is 203 Å². The number of anilines is 3. The maximum Gasteiger partial charge on any atom is 0.255 e. The van der Waals surface area contributed by atoms with Gasteiger partial charge in [-0.05, 0) is 55.5 Å². The number of rotatable bonds is 9. The zero-order valence-electron chi connectivity index (χ0n) is 19.9. The number of ether oxygens (including phenoxy) is 4. The lowest BCUT2D eigenvalue weighted by molar-refractivity contribution is 0.102. The van der Waals surface area contributed by atoms with E-state index in [-0.39, 0.29) is 5.91 Å². The fraction of sp³-hybridized carbons (Fsp3) is 0.192. The van der Waals surface area contributed by atoms with Crippen molar-refractivity contribution in [3.8, 4) is 23.0 Å². The highest BCUT2D eigenvalue weighted by Gasteiger charge is 2.13. The number of aromatic nitrogens is 2. The molecular weight excluding hydrogens is 448 g/mol. The van der Waals surface area contributed by atoms with Crippen LogP contribution in [0.5, 0.6) is 23.0 Å². The summed E-state index contributed by atoms with van der Waals surface area (Å²) in [7, 11) is 4.70. The molecule has 0 radical (unpaired) electrons. The van der Waals surface area contributed by atoms with Gasteiger partial charge in [-0.1, -0.05) is 0 Å². The van der Waals surface area contributed by atoms with Gasteiger partial charge in [0.05, 0.1) is 33.5 Å². The van der Waals surface area contributed by atoms with Crippen molar-refractivity contribution >= 4 is 34.0 Å². The number of nitrogens with one attached hydrogen (secondary N) is 2. The second-order valence-corrected chi connectivity index (χ2v) is 7.40. The molecule has 2 N–H and O–H groups in total. The lowest BCUT2D eigenvalue weighted by Gasteiger charge is -2.13. The molecule has 0 saturated heterocycles. The standard InChI is InChI=1S/C26H26N4O5/c1-5-35-21-11-6-16(12-22(21)32-2)26(31)30-18-9-7-17(8-10-18)29-25-19-13-23(33-3)24(34-4)14-20(19)27-15-28-25/h6-15H,5H2,1-4H3,(H,30,31)(H,27,28,29). The molecule has 0 unspecified atom stereocenters. The molecule has 4 rings (SSSR count). The molecule has 0 aliphatic heterocycles. The van der Waals surface area contributed by atoms with E-state index >= 15 is 0 Å². The Morgan fingerprint density at radius 3 is 2.14 bits per heavy atom. The average Bonchev–Trinajstić information content (AvgIpc) is 2.89. The minimum atomic E-state index is -0.255. The number of hydrogen-bond acceptors (Lipinski definition) is 8. The highest BCUT2D eigenvalue weighted by atomic mass is 16.5. The Morgan fingerprint density at radius 2 is 1.46 bits per heavy atom. The lowest BCUT2D eigenvalue weighted by atomic mass is 10.1. The number of hydrogen-bond donors (Lipinski definition) is 2. The van der Waals surface area contributed by atoms with Gasteiger partial charge in [0, 0.05) is 28.4 Å². The van der Waals surface area contributed by atoms with Crippen LogP contribution in [0.4, 0.5) is 17.2 Å². The fourth-order valence-corrected chi connectivity index (χ4v) is 3.54. The molecule has 4 aromatic rings. The van der Waals surface area contributed by atoms with E-state index in [1.165, 1.54) is 6.33 Å². The van der Waals surface area contributed by atoms with Gasteiger partial charge in [-0.25, -0.2) is 9.97 Å². The van der Waals surface area contributed by atoms with Gasteiger partial charge in [0.2, 0.25) is 0 Å². The van der Waals surface area contributed by atoms with E-state index in [0.717, 1.165) is 16.6 Å². The summed E-state index contributed by atoms with van der Waals surface area (Å²) >= 11 is 0. The molecule has 0 atom stereocenters. The summed E-state index contributed by atoms with van der Waals surface area (Å²) in [5.74, 6) is 2.64. The first kappa shape index (κ1) is 23.6. The van der Waals surface area contributed by atoms with E-state index in [4.69, 9.17) is 18.9 Å². The van der Waals surface area contributed by atoms with Crippen molar-refractivity contribution in [2.24, 2.45) is 0 Å². The summed E-state index contributed by atoms with van der Waals surface area (Å²) in [4.78, 5) is 21.4. The Kier molecular flexibility index (Phi) is 7.15. The largest absolute Gasteiger partial charge is 0.493 e. The van der Waals surface area contributed by atoms with Gasteiger partial charge in [0.1, 0.15) is 12.1 Å². The predicted octanol–water partition coefficient (Wildman–Crippen LogP) is 5.05. The Bertz CT molecular complexity index is 1340. The topological polar surface area (TPSA) is 104 Å². The molecule has 0 fully saturated rings. The highest BCUT2D eigenvalue weighted by Crippen LogP contribution is 2.34. The van der Waals surface area contributed by atoms with Gasteiger partial charge in [-0.3, -0.25) is 4.79 Å². The monoisotopic (exact) mass is 474 g/mol. The zero-order chi connectivity index (χ0) is 24.8. The highest BCUT2D eigenvalue weighted by molar-refractivity contribution is 6.04. The summed E-state index contributed by atoms with van der Waals surface area (Å²) in [6, 6.07) is 16.0. The molecule has 180 valence electrons. The minimum Gasteiger partial charge on any atom is -0.493 e. The van der Waals surface area contributed by atoms with E-state index in [9.17, 15) is 4.79 Å². The summed E-state index contributed by atoms with van der Waals surface area (Å²) in [6.45, 7) is 2.40. The van der Waals surface area contributed by atoms with Gasteiger partial charge < -0.3 is 29.6 Å². The quantitative estimate of drug-likeness (QED) is 0.347. The van der Waals surface area contributed by atoms with Crippen LogP contribution in [-0.4, -0.2) is 43.8 Å². The average molecular weight is 475 g/mol. The maximum absolute atomic E-state index is 12.7. The Hall–Kier alpha value is -4.53. The SMILES string of the molecule is CCOc1ccc(C(=O)Nc2ccc(Nc3ncnc4cc(OC)c(OC)cc34)cc2)cc1OC. The van der Waals surface area contributed by atoms with Crippen LogP contribution in [0.2, 0.25) is 0 Å². The second kappa shape index (κ2) is 10.6. The van der Waals surface area contributed by atoms with Crippen LogP contribution < -0.4 is 29.6 Å². The van der Waals surface area contributed by atoms with Gasteiger partial charge >= 0.3 is 0 Å². The van der Waals surface area contributed by atoms with Crippen molar-refractivity contribution in [3.63, 3.8) is 0 Å². The van der Waals surface area contributed by atoms with Crippen molar-refractivity contribution in [1.82, 2.24) is 9.97 Å². The predicted molar refractivity (Wildman–Crippen MR) is 134 cm³/mol. The number of amides is 1. The van der Waals surface area contributed by atoms with Crippen LogP contribution in [0.3, 0.4) is 0 Å². The Morgan fingerprint density at radius 1 is 0.800 bits per heavy atom.